The summed E-state index contributed by atoms with van der Waals surface area (Å²) in [6, 6.07) is 0. The summed E-state index contributed by atoms with van der Waals surface area (Å²) >= 11 is 0.919. The summed E-state index contributed by atoms with van der Waals surface area (Å²) in [6.45, 7) is 1.59. The van der Waals surface area contributed by atoms with Gasteiger partial charge in [0.25, 0.3) is 5.91 Å². The van der Waals surface area contributed by atoms with E-state index in [4.69, 9.17) is 5.73 Å². The number of carbonyl (C=O) groups excluding carboxylic acids is 1. The first-order chi connectivity index (χ1) is 6.29. The van der Waals surface area contributed by atoms with Crippen LogP contribution in [0.15, 0.2) is 0 Å². The Morgan fingerprint density at radius 3 is 2.50 bits per heavy atom. The van der Waals surface area contributed by atoms with Gasteiger partial charge < -0.3 is 5.73 Å². The third-order valence-electron chi connectivity index (χ3n) is 1.29. The first kappa shape index (κ1) is 10.9. The van der Waals surface area contributed by atoms with E-state index >= 15 is 0 Å². The van der Waals surface area contributed by atoms with Gasteiger partial charge in [-0.2, -0.15) is 0 Å². The molecule has 1 amide bonds. The molecular formula is C6H9N3O3S2. The second kappa shape index (κ2) is 3.54. The Balaban J connectivity index is 3.04. The quantitative estimate of drug-likeness (QED) is 0.765. The maximum atomic E-state index is 10.8. The van der Waals surface area contributed by atoms with E-state index in [0.717, 1.165) is 17.6 Å². The van der Waals surface area contributed by atoms with Crippen LogP contribution in [0.5, 0.6) is 0 Å². The van der Waals surface area contributed by atoms with Crippen molar-refractivity contribution in [1.82, 2.24) is 4.98 Å². The molecule has 1 aromatic heterocycles. The third kappa shape index (κ3) is 2.67. The first-order valence-electron chi connectivity index (χ1n) is 3.54. The number of primary amides is 1. The Hall–Kier alpha value is -1.15. The summed E-state index contributed by atoms with van der Waals surface area (Å²) in [5.74, 6) is -0.610. The van der Waals surface area contributed by atoms with Crippen LogP contribution in [0, 0.1) is 6.92 Å². The molecule has 0 fully saturated rings. The fourth-order valence-corrected chi connectivity index (χ4v) is 2.48. The number of thiazole rings is 1. The second-order valence-electron chi connectivity index (χ2n) is 2.67. The van der Waals surface area contributed by atoms with Crippen LogP contribution in [0.1, 0.15) is 15.4 Å². The number of nitrogens with one attached hydrogen (secondary N) is 1. The summed E-state index contributed by atoms with van der Waals surface area (Å²) in [6.07, 6.45) is 1.01. The lowest BCUT2D eigenvalue weighted by Crippen LogP contribution is -2.10. The minimum absolute atomic E-state index is 0.152. The van der Waals surface area contributed by atoms with E-state index in [1.165, 1.54) is 0 Å². The van der Waals surface area contributed by atoms with Gasteiger partial charge in [0.2, 0.25) is 10.0 Å². The van der Waals surface area contributed by atoms with Crippen molar-refractivity contribution in [2.75, 3.05) is 11.0 Å². The monoisotopic (exact) mass is 235 g/mol. The predicted octanol–water partition coefficient (Wildman–Crippen LogP) is -0.0781. The summed E-state index contributed by atoms with van der Waals surface area (Å²) in [7, 11) is -3.36. The van der Waals surface area contributed by atoms with E-state index in [2.05, 4.69) is 9.71 Å². The second-order valence-corrected chi connectivity index (χ2v) is 5.42. The van der Waals surface area contributed by atoms with E-state index in [9.17, 15) is 13.2 Å². The molecule has 0 aliphatic carbocycles. The van der Waals surface area contributed by atoms with Gasteiger partial charge in [-0.1, -0.05) is 11.3 Å². The Kier molecular flexibility index (Phi) is 2.76. The highest BCUT2D eigenvalue weighted by Crippen LogP contribution is 2.22. The molecule has 78 valence electrons. The van der Waals surface area contributed by atoms with Gasteiger partial charge in [-0.25, -0.2) is 13.4 Å². The highest BCUT2D eigenvalue weighted by molar-refractivity contribution is 7.92. The minimum Gasteiger partial charge on any atom is -0.365 e. The molecule has 0 aliphatic rings. The van der Waals surface area contributed by atoms with Crippen molar-refractivity contribution in [2.24, 2.45) is 5.73 Å². The van der Waals surface area contributed by atoms with Crippen molar-refractivity contribution in [3.05, 3.63) is 10.6 Å². The zero-order valence-electron chi connectivity index (χ0n) is 7.57. The first-order valence-corrected chi connectivity index (χ1v) is 6.25. The summed E-state index contributed by atoms with van der Waals surface area (Å²) in [5, 5.41) is 0.152. The summed E-state index contributed by atoms with van der Waals surface area (Å²) in [5.41, 5.74) is 5.47. The normalized spacial score (nSPS) is 11.3. The summed E-state index contributed by atoms with van der Waals surface area (Å²) in [4.78, 5) is 14.9. The Morgan fingerprint density at radius 2 is 2.14 bits per heavy atom. The molecule has 0 saturated heterocycles. The van der Waals surface area contributed by atoms with Gasteiger partial charge in [0, 0.05) is 0 Å². The number of carbonyl (C=O) groups is 1. The number of nitrogens with zero attached hydrogens (tertiary/aromatic N) is 1. The molecule has 0 aromatic carbocycles. The molecule has 1 heterocycles. The van der Waals surface area contributed by atoms with E-state index in [-0.39, 0.29) is 10.0 Å². The lowest BCUT2D eigenvalue weighted by Gasteiger charge is -1.95. The van der Waals surface area contributed by atoms with Gasteiger partial charge in [-0.3, -0.25) is 9.52 Å². The minimum atomic E-state index is -3.36. The Bertz CT molecular complexity index is 463. The zero-order valence-corrected chi connectivity index (χ0v) is 9.20. The standard InChI is InChI=1S/C6H9N3O3S2/c1-3-4(5(7)10)13-6(8-3)9-14(2,11)12/h1-2H3,(H2,7,10)(H,8,9). The van der Waals surface area contributed by atoms with Crippen molar-refractivity contribution in [2.45, 2.75) is 6.92 Å². The molecule has 0 aliphatic heterocycles. The van der Waals surface area contributed by atoms with Crippen LogP contribution in [-0.2, 0) is 10.0 Å². The molecule has 0 saturated carbocycles. The molecule has 0 spiro atoms. The average molecular weight is 235 g/mol. The Morgan fingerprint density at radius 1 is 1.57 bits per heavy atom. The highest BCUT2D eigenvalue weighted by Gasteiger charge is 2.14. The maximum absolute atomic E-state index is 10.8. The van der Waals surface area contributed by atoms with E-state index in [0.29, 0.717) is 5.69 Å². The van der Waals surface area contributed by atoms with Gasteiger partial charge in [0.15, 0.2) is 5.13 Å². The number of rotatable bonds is 3. The van der Waals surface area contributed by atoms with Crippen LogP contribution in [0.3, 0.4) is 0 Å². The molecule has 0 radical (unpaired) electrons. The molecule has 1 rings (SSSR count). The number of hydrogen-bond acceptors (Lipinski definition) is 5. The van der Waals surface area contributed by atoms with Crippen LogP contribution < -0.4 is 10.5 Å². The van der Waals surface area contributed by atoms with Crippen LogP contribution in [0.2, 0.25) is 0 Å². The molecule has 1 aromatic rings. The van der Waals surface area contributed by atoms with Crippen LogP contribution in [-0.4, -0.2) is 25.6 Å². The predicted molar refractivity (Wildman–Crippen MR) is 53.8 cm³/mol. The Labute approximate surface area is 85.2 Å². The van der Waals surface area contributed by atoms with Gasteiger partial charge in [-0.15, -0.1) is 0 Å². The lowest BCUT2D eigenvalue weighted by atomic mass is 10.4. The van der Waals surface area contributed by atoms with Crippen molar-refractivity contribution in [1.29, 1.82) is 0 Å². The molecule has 0 unspecified atom stereocenters. The number of aromatic nitrogens is 1. The number of anilines is 1. The van der Waals surface area contributed by atoms with E-state index in [1.54, 1.807) is 6.92 Å². The fraction of sp³-hybridized carbons (Fsp3) is 0.333. The fourth-order valence-electron chi connectivity index (χ4n) is 0.827. The van der Waals surface area contributed by atoms with Gasteiger partial charge in [0.1, 0.15) is 4.88 Å². The number of aryl methyl sites for hydroxylation is 1. The topological polar surface area (TPSA) is 102 Å². The summed E-state index contributed by atoms with van der Waals surface area (Å²) < 4.78 is 23.8. The van der Waals surface area contributed by atoms with E-state index in [1.807, 2.05) is 0 Å². The van der Waals surface area contributed by atoms with Crippen molar-refractivity contribution in [3.63, 3.8) is 0 Å². The van der Waals surface area contributed by atoms with Crippen molar-refractivity contribution < 1.29 is 13.2 Å². The van der Waals surface area contributed by atoms with Crippen molar-refractivity contribution >= 4 is 32.4 Å². The average Bonchev–Trinajstić information content (AvgIpc) is 2.26. The molecule has 6 nitrogen and oxygen atoms in total. The number of amides is 1. The molecule has 0 atom stereocenters. The number of sulfonamides is 1. The third-order valence-corrected chi connectivity index (χ3v) is 3.07. The zero-order chi connectivity index (χ0) is 10.9. The molecule has 0 bridgehead atoms. The molecule has 14 heavy (non-hydrogen) atoms. The van der Waals surface area contributed by atoms with Gasteiger partial charge in [-0.05, 0) is 6.92 Å². The van der Waals surface area contributed by atoms with Crippen LogP contribution in [0.4, 0.5) is 5.13 Å². The SMILES string of the molecule is Cc1nc(NS(C)(=O)=O)sc1C(N)=O. The van der Waals surface area contributed by atoms with E-state index < -0.39 is 15.9 Å². The van der Waals surface area contributed by atoms with Crippen molar-refractivity contribution in [3.8, 4) is 0 Å². The van der Waals surface area contributed by atoms with Crippen LogP contribution >= 0.6 is 11.3 Å². The van der Waals surface area contributed by atoms with Gasteiger partial charge >= 0.3 is 0 Å². The maximum Gasteiger partial charge on any atom is 0.260 e. The molecule has 3 N–H and O–H groups in total. The van der Waals surface area contributed by atoms with Crippen LogP contribution in [0.25, 0.3) is 0 Å². The molecule has 8 heteroatoms. The smallest absolute Gasteiger partial charge is 0.260 e. The molecular weight excluding hydrogens is 226 g/mol. The number of nitrogens with two attached hydrogens (primary N) is 1. The number of hydrogen-bond donors (Lipinski definition) is 2. The van der Waals surface area contributed by atoms with Gasteiger partial charge in [0.05, 0.1) is 11.9 Å². The highest BCUT2D eigenvalue weighted by atomic mass is 32.2. The lowest BCUT2D eigenvalue weighted by molar-refractivity contribution is 0.100. The largest absolute Gasteiger partial charge is 0.365 e.